The Balaban J connectivity index is 2.52. The Morgan fingerprint density at radius 1 is 1.28 bits per heavy atom. The highest BCUT2D eigenvalue weighted by Crippen LogP contribution is 2.21. The van der Waals surface area contributed by atoms with Crippen molar-refractivity contribution in [1.82, 2.24) is 9.55 Å². The number of aryl methyl sites for hydroxylation is 2. The summed E-state index contributed by atoms with van der Waals surface area (Å²) in [6.07, 6.45) is 1.84. The first-order chi connectivity index (χ1) is 8.47. The second-order valence-corrected chi connectivity index (χ2v) is 4.83. The number of anilines is 1. The molecule has 0 bridgehead atoms. The lowest BCUT2D eigenvalue weighted by molar-refractivity contribution is 0.617. The maximum Gasteiger partial charge on any atom is 0.208 e. The average molecular weight is 247 g/mol. The summed E-state index contributed by atoms with van der Waals surface area (Å²) in [6.45, 7) is 7.90. The zero-order chi connectivity index (χ0) is 13.3. The minimum atomic E-state index is -0.246. The molecule has 18 heavy (non-hydrogen) atoms. The van der Waals surface area contributed by atoms with Crippen molar-refractivity contribution in [3.8, 4) is 5.69 Å². The quantitative estimate of drug-likeness (QED) is 0.900. The summed E-state index contributed by atoms with van der Waals surface area (Å²) in [5.74, 6) is 0.428. The number of halogens is 1. The predicted molar refractivity (Wildman–Crippen MR) is 71.8 cm³/mol. The van der Waals surface area contributed by atoms with Crippen LogP contribution in [0, 0.1) is 19.7 Å². The molecule has 0 atom stereocenters. The molecule has 1 aromatic heterocycles. The molecule has 2 aromatic rings. The number of nitrogens with zero attached hydrogens (tertiary/aromatic N) is 2. The van der Waals surface area contributed by atoms with Crippen molar-refractivity contribution in [3.63, 3.8) is 0 Å². The van der Waals surface area contributed by atoms with Crippen LogP contribution < -0.4 is 5.32 Å². The molecule has 0 fully saturated rings. The monoisotopic (exact) mass is 247 g/mol. The Labute approximate surface area is 107 Å². The lowest BCUT2D eigenvalue weighted by Gasteiger charge is -2.13. The fourth-order valence-corrected chi connectivity index (χ4v) is 1.85. The molecule has 1 N–H and O–H groups in total. The highest BCUT2D eigenvalue weighted by atomic mass is 19.1. The molecule has 0 spiro atoms. The van der Waals surface area contributed by atoms with E-state index in [9.17, 15) is 4.39 Å². The number of hydrogen-bond donors (Lipinski definition) is 1. The summed E-state index contributed by atoms with van der Waals surface area (Å²) < 4.78 is 15.7. The number of benzene rings is 1. The first-order valence-electron chi connectivity index (χ1n) is 6.06. The smallest absolute Gasteiger partial charge is 0.208 e. The van der Waals surface area contributed by atoms with Gasteiger partial charge in [0.1, 0.15) is 5.82 Å². The van der Waals surface area contributed by atoms with Crippen LogP contribution in [0.25, 0.3) is 5.69 Å². The van der Waals surface area contributed by atoms with Crippen molar-refractivity contribution >= 4 is 5.95 Å². The van der Waals surface area contributed by atoms with Gasteiger partial charge < -0.3 is 5.32 Å². The number of aromatic nitrogens is 2. The zero-order valence-electron chi connectivity index (χ0n) is 11.2. The van der Waals surface area contributed by atoms with Gasteiger partial charge in [0.2, 0.25) is 5.95 Å². The lowest BCUT2D eigenvalue weighted by Crippen LogP contribution is -2.14. The van der Waals surface area contributed by atoms with Crippen LogP contribution in [0.15, 0.2) is 24.4 Å². The molecule has 2 rings (SSSR count). The van der Waals surface area contributed by atoms with Gasteiger partial charge >= 0.3 is 0 Å². The van der Waals surface area contributed by atoms with Crippen LogP contribution in [0.3, 0.4) is 0 Å². The van der Waals surface area contributed by atoms with Crippen LogP contribution in [-0.4, -0.2) is 15.6 Å². The van der Waals surface area contributed by atoms with Crippen molar-refractivity contribution in [1.29, 1.82) is 0 Å². The van der Waals surface area contributed by atoms with Gasteiger partial charge in [-0.25, -0.2) is 9.37 Å². The van der Waals surface area contributed by atoms with Gasteiger partial charge in [-0.1, -0.05) is 6.07 Å². The Bertz CT molecular complexity index is 558. The zero-order valence-corrected chi connectivity index (χ0v) is 11.2. The standard InChI is InChI=1S/C14H18FN3/c1-9(2)16-14-17-11(4)8-18(14)13-7-10(3)5-6-12(13)15/h5-9H,1-4H3,(H,16,17). The second-order valence-electron chi connectivity index (χ2n) is 4.83. The molecule has 0 radical (unpaired) electrons. The third-order valence-corrected chi connectivity index (χ3v) is 2.61. The molecule has 3 nitrogen and oxygen atoms in total. The van der Waals surface area contributed by atoms with Crippen LogP contribution >= 0.6 is 0 Å². The minimum absolute atomic E-state index is 0.246. The van der Waals surface area contributed by atoms with E-state index < -0.39 is 0 Å². The molecule has 96 valence electrons. The Hall–Kier alpha value is -1.84. The summed E-state index contributed by atoms with van der Waals surface area (Å²) in [7, 11) is 0. The maximum absolute atomic E-state index is 13.9. The Morgan fingerprint density at radius 3 is 2.67 bits per heavy atom. The van der Waals surface area contributed by atoms with Gasteiger partial charge in [-0.05, 0) is 45.4 Å². The van der Waals surface area contributed by atoms with E-state index >= 15 is 0 Å². The summed E-state index contributed by atoms with van der Waals surface area (Å²) >= 11 is 0. The molecule has 4 heteroatoms. The van der Waals surface area contributed by atoms with Gasteiger partial charge in [-0.15, -0.1) is 0 Å². The molecular weight excluding hydrogens is 229 g/mol. The van der Waals surface area contributed by atoms with E-state index in [1.807, 2.05) is 40.0 Å². The van der Waals surface area contributed by atoms with E-state index in [4.69, 9.17) is 0 Å². The van der Waals surface area contributed by atoms with E-state index in [-0.39, 0.29) is 11.9 Å². The Morgan fingerprint density at radius 2 is 2.00 bits per heavy atom. The van der Waals surface area contributed by atoms with E-state index in [1.165, 1.54) is 6.07 Å². The van der Waals surface area contributed by atoms with Crippen LogP contribution in [-0.2, 0) is 0 Å². The largest absolute Gasteiger partial charge is 0.353 e. The Kier molecular flexibility index (Phi) is 3.36. The van der Waals surface area contributed by atoms with Gasteiger partial charge in [0.15, 0.2) is 0 Å². The third-order valence-electron chi connectivity index (χ3n) is 2.61. The van der Waals surface area contributed by atoms with Crippen LogP contribution in [0.2, 0.25) is 0 Å². The van der Waals surface area contributed by atoms with Crippen LogP contribution in [0.5, 0.6) is 0 Å². The summed E-state index contributed by atoms with van der Waals surface area (Å²) in [4.78, 5) is 4.38. The van der Waals surface area contributed by atoms with Crippen molar-refractivity contribution in [2.75, 3.05) is 5.32 Å². The molecular formula is C14H18FN3. The first-order valence-corrected chi connectivity index (χ1v) is 6.06. The highest BCUT2D eigenvalue weighted by molar-refractivity contribution is 5.45. The predicted octanol–water partition coefficient (Wildman–Crippen LogP) is 3.45. The number of hydrogen-bond acceptors (Lipinski definition) is 2. The third kappa shape index (κ3) is 2.53. The van der Waals surface area contributed by atoms with Gasteiger partial charge in [0, 0.05) is 12.2 Å². The van der Waals surface area contributed by atoms with Crippen LogP contribution in [0.4, 0.5) is 10.3 Å². The van der Waals surface area contributed by atoms with Gasteiger partial charge in [0.25, 0.3) is 0 Å². The topological polar surface area (TPSA) is 29.9 Å². The molecule has 0 unspecified atom stereocenters. The number of nitrogens with one attached hydrogen (secondary N) is 1. The van der Waals surface area contributed by atoms with Crippen molar-refractivity contribution < 1.29 is 4.39 Å². The normalized spacial score (nSPS) is 11.0. The van der Waals surface area contributed by atoms with Crippen molar-refractivity contribution in [3.05, 3.63) is 41.5 Å². The summed E-state index contributed by atoms with van der Waals surface area (Å²) in [6, 6.07) is 5.32. The molecule has 0 saturated carbocycles. The SMILES string of the molecule is Cc1ccc(F)c(-n2cc(C)nc2NC(C)C)c1. The van der Waals surface area contributed by atoms with E-state index in [2.05, 4.69) is 10.3 Å². The van der Waals surface area contributed by atoms with E-state index in [1.54, 1.807) is 10.6 Å². The van der Waals surface area contributed by atoms with Gasteiger partial charge in [-0.3, -0.25) is 4.57 Å². The molecule has 0 aliphatic rings. The van der Waals surface area contributed by atoms with Gasteiger partial charge in [-0.2, -0.15) is 0 Å². The van der Waals surface area contributed by atoms with Crippen molar-refractivity contribution in [2.24, 2.45) is 0 Å². The lowest BCUT2D eigenvalue weighted by atomic mass is 10.2. The first kappa shape index (κ1) is 12.6. The van der Waals surface area contributed by atoms with E-state index in [0.717, 1.165) is 11.3 Å². The summed E-state index contributed by atoms with van der Waals surface area (Å²) in [5, 5.41) is 3.22. The minimum Gasteiger partial charge on any atom is -0.353 e. The molecule has 0 aliphatic heterocycles. The second kappa shape index (κ2) is 4.80. The molecule has 0 saturated heterocycles. The van der Waals surface area contributed by atoms with Crippen molar-refractivity contribution in [2.45, 2.75) is 33.7 Å². The molecule has 1 aromatic carbocycles. The highest BCUT2D eigenvalue weighted by Gasteiger charge is 2.12. The molecule has 0 aliphatic carbocycles. The maximum atomic E-state index is 13.9. The molecule has 1 heterocycles. The summed E-state index contributed by atoms with van der Waals surface area (Å²) in [5.41, 5.74) is 2.41. The molecule has 0 amide bonds. The fourth-order valence-electron chi connectivity index (χ4n) is 1.85. The number of rotatable bonds is 3. The van der Waals surface area contributed by atoms with E-state index in [0.29, 0.717) is 11.6 Å². The number of imidazole rings is 1. The fraction of sp³-hybridized carbons (Fsp3) is 0.357. The van der Waals surface area contributed by atoms with Crippen LogP contribution in [0.1, 0.15) is 25.1 Å². The van der Waals surface area contributed by atoms with Gasteiger partial charge in [0.05, 0.1) is 11.4 Å². The average Bonchev–Trinajstić information content (AvgIpc) is 2.62.